The van der Waals surface area contributed by atoms with Crippen molar-refractivity contribution in [3.8, 4) is 0 Å². The zero-order valence-corrected chi connectivity index (χ0v) is 21.6. The largest absolute Gasteiger partial charge is 0.383 e. The number of allylic oxidation sites excluding steroid dienone is 4. The number of hydrogen-bond donors (Lipinski definition) is 3. The maximum Gasteiger partial charge on any atom is 0.268 e. The number of rotatable bonds is 3. The number of carbonyl (C=O) groups is 1. The highest BCUT2D eigenvalue weighted by atomic mass is 35.5. The molecule has 5 rings (SSSR count). The van der Waals surface area contributed by atoms with Gasteiger partial charge in [0, 0.05) is 19.1 Å². The number of alkyl halides is 2. The third-order valence-electron chi connectivity index (χ3n) is 7.23. The number of nitrogens with two attached hydrogens (primary N) is 3. The summed E-state index contributed by atoms with van der Waals surface area (Å²) >= 11 is 12.8. The number of anilines is 2. The first-order valence-corrected chi connectivity index (χ1v) is 12.9. The van der Waals surface area contributed by atoms with Crippen LogP contribution in [0.1, 0.15) is 59.9 Å². The van der Waals surface area contributed by atoms with Crippen molar-refractivity contribution in [1.82, 2.24) is 9.97 Å². The number of carbonyl (C=O) groups excluding carboxylic acids is 1. The Morgan fingerprint density at radius 3 is 2.49 bits per heavy atom. The second-order valence-electron chi connectivity index (χ2n) is 9.05. The third-order valence-corrected chi connectivity index (χ3v) is 8.26. The van der Waals surface area contributed by atoms with Crippen LogP contribution >= 0.6 is 23.2 Å². The summed E-state index contributed by atoms with van der Waals surface area (Å²) in [5, 5.41) is -1.02. The van der Waals surface area contributed by atoms with E-state index in [0.29, 0.717) is 30.2 Å². The standard InChI is InChI=1S/C24H26Cl2N6O.C2H6/c25-16-7-3-6-15(18(16)26)17-19(22(29)33)30-23(31-21(17)28)32-10-8-24(9-11-32)12-13-4-1-2-5-14(13)20(24)27;1-2/h1-7,16,18,20H,8-12,27H2,(H2,29,33)(H2,28,30,31);1-2H3/t16-,18+,20+;/m0./s1. The van der Waals surface area contributed by atoms with Gasteiger partial charge in [0.25, 0.3) is 5.91 Å². The molecule has 2 heterocycles. The molecule has 1 saturated heterocycles. The molecule has 7 nitrogen and oxygen atoms in total. The first kappa shape index (κ1) is 25.5. The maximum atomic E-state index is 12.3. The molecule has 2 aliphatic carbocycles. The van der Waals surface area contributed by atoms with Crippen LogP contribution in [0.2, 0.25) is 0 Å². The highest BCUT2D eigenvalue weighted by molar-refractivity contribution is 6.35. The van der Waals surface area contributed by atoms with Gasteiger partial charge in [0.1, 0.15) is 11.5 Å². The lowest BCUT2D eigenvalue weighted by molar-refractivity contribution is 0.0995. The molecule has 3 aliphatic rings. The normalized spacial score (nSPS) is 24.4. The Labute approximate surface area is 216 Å². The molecule has 6 N–H and O–H groups in total. The Hall–Kier alpha value is -2.61. The quantitative estimate of drug-likeness (QED) is 0.527. The van der Waals surface area contributed by atoms with Gasteiger partial charge in [0.15, 0.2) is 0 Å². The molecule has 1 aromatic heterocycles. The van der Waals surface area contributed by atoms with Crippen molar-refractivity contribution in [3.05, 3.63) is 64.9 Å². The summed E-state index contributed by atoms with van der Waals surface area (Å²) in [5.74, 6) is -0.132. The number of nitrogens with zero attached hydrogens (tertiary/aromatic N) is 3. The van der Waals surface area contributed by atoms with E-state index in [4.69, 9.17) is 40.4 Å². The predicted octanol–water partition coefficient (Wildman–Crippen LogP) is 4.19. The lowest BCUT2D eigenvalue weighted by atomic mass is 9.73. The number of halogens is 2. The second-order valence-corrected chi connectivity index (χ2v) is 10.0. The van der Waals surface area contributed by atoms with Crippen LogP contribution in [0.3, 0.4) is 0 Å². The fourth-order valence-electron chi connectivity index (χ4n) is 5.38. The van der Waals surface area contributed by atoms with Crippen LogP contribution in [0.5, 0.6) is 0 Å². The zero-order valence-electron chi connectivity index (χ0n) is 20.0. The Kier molecular flexibility index (Phi) is 7.40. The summed E-state index contributed by atoms with van der Waals surface area (Å²) in [6.07, 6.45) is 8.08. The van der Waals surface area contributed by atoms with Crippen LogP contribution in [0.15, 0.2) is 42.5 Å². The summed E-state index contributed by atoms with van der Waals surface area (Å²) in [6.45, 7) is 5.43. The number of benzene rings is 1. The summed E-state index contributed by atoms with van der Waals surface area (Å²) in [4.78, 5) is 23.4. The molecule has 1 aliphatic heterocycles. The van der Waals surface area contributed by atoms with E-state index in [1.54, 1.807) is 18.2 Å². The topological polar surface area (TPSA) is 124 Å². The molecule has 35 heavy (non-hydrogen) atoms. The first-order valence-electron chi connectivity index (χ1n) is 12.0. The van der Waals surface area contributed by atoms with E-state index in [1.807, 2.05) is 24.8 Å². The van der Waals surface area contributed by atoms with E-state index in [-0.39, 0.29) is 23.0 Å². The van der Waals surface area contributed by atoms with Gasteiger partial charge in [-0.1, -0.05) is 56.3 Å². The number of aromatic nitrogens is 2. The molecule has 186 valence electrons. The fourth-order valence-corrected chi connectivity index (χ4v) is 5.86. The molecule has 0 unspecified atom stereocenters. The van der Waals surface area contributed by atoms with Gasteiger partial charge >= 0.3 is 0 Å². The van der Waals surface area contributed by atoms with E-state index in [9.17, 15) is 4.79 Å². The maximum absolute atomic E-state index is 12.3. The van der Waals surface area contributed by atoms with Gasteiger partial charge in [-0.3, -0.25) is 4.79 Å². The third kappa shape index (κ3) is 4.53. The summed E-state index contributed by atoms with van der Waals surface area (Å²) in [5.41, 5.74) is 22.3. The lowest BCUT2D eigenvalue weighted by Gasteiger charge is -2.42. The lowest BCUT2D eigenvalue weighted by Crippen LogP contribution is -2.45. The Morgan fingerprint density at radius 1 is 1.14 bits per heavy atom. The Balaban J connectivity index is 0.00000141. The summed E-state index contributed by atoms with van der Waals surface area (Å²) in [7, 11) is 0. The van der Waals surface area contributed by atoms with E-state index in [2.05, 4.69) is 28.2 Å². The molecule has 3 atom stereocenters. The molecule has 0 radical (unpaired) electrons. The van der Waals surface area contributed by atoms with E-state index in [0.717, 1.165) is 19.3 Å². The fraction of sp³-hybridized carbons (Fsp3) is 0.423. The van der Waals surface area contributed by atoms with Gasteiger partial charge in [-0.2, -0.15) is 4.98 Å². The number of primary amides is 1. The van der Waals surface area contributed by atoms with Crippen LogP contribution in [0.4, 0.5) is 11.8 Å². The monoisotopic (exact) mass is 514 g/mol. The van der Waals surface area contributed by atoms with Crippen molar-refractivity contribution in [2.45, 2.75) is 49.9 Å². The minimum absolute atomic E-state index is 0.0147. The molecule has 1 aromatic carbocycles. The van der Waals surface area contributed by atoms with Crippen molar-refractivity contribution in [1.29, 1.82) is 0 Å². The minimum atomic E-state index is -0.687. The van der Waals surface area contributed by atoms with Gasteiger partial charge in [-0.15, -0.1) is 23.2 Å². The molecule has 9 heteroatoms. The molecular weight excluding hydrogens is 483 g/mol. The Morgan fingerprint density at radius 2 is 1.83 bits per heavy atom. The van der Waals surface area contributed by atoms with E-state index in [1.165, 1.54) is 11.1 Å². The number of hydrogen-bond acceptors (Lipinski definition) is 6. The highest BCUT2D eigenvalue weighted by Crippen LogP contribution is 2.51. The van der Waals surface area contributed by atoms with Gasteiger partial charge in [-0.05, 0) is 41.4 Å². The van der Waals surface area contributed by atoms with Crippen molar-refractivity contribution in [3.63, 3.8) is 0 Å². The number of nitrogen functional groups attached to an aromatic ring is 1. The van der Waals surface area contributed by atoms with Gasteiger partial charge in [0.2, 0.25) is 5.95 Å². The second kappa shape index (κ2) is 10.2. The molecule has 1 spiro atoms. The van der Waals surface area contributed by atoms with Gasteiger partial charge < -0.3 is 22.1 Å². The first-order chi connectivity index (χ1) is 16.8. The predicted molar refractivity (Wildman–Crippen MR) is 144 cm³/mol. The number of fused-ring (bicyclic) bond motifs is 1. The average molecular weight is 515 g/mol. The highest BCUT2D eigenvalue weighted by Gasteiger charge is 2.46. The molecule has 1 fully saturated rings. The SMILES string of the molecule is CC.NC(=O)c1nc(N2CCC3(CC2)Cc2ccccc2[C@H]3N)nc(N)c1C1=CC=C[C@H](Cl)[C@@H]1Cl. The summed E-state index contributed by atoms with van der Waals surface area (Å²) < 4.78 is 0. The van der Waals surface area contributed by atoms with Crippen LogP contribution < -0.4 is 22.1 Å². The van der Waals surface area contributed by atoms with E-state index >= 15 is 0 Å². The molecule has 2 aromatic rings. The van der Waals surface area contributed by atoms with Crippen molar-refractivity contribution >= 4 is 46.4 Å². The average Bonchev–Trinajstić information content (AvgIpc) is 3.13. The molecule has 1 amide bonds. The molecule has 0 saturated carbocycles. The Bertz CT molecular complexity index is 1170. The smallest absolute Gasteiger partial charge is 0.268 e. The summed E-state index contributed by atoms with van der Waals surface area (Å²) in [6, 6.07) is 8.43. The van der Waals surface area contributed by atoms with Crippen molar-refractivity contribution < 1.29 is 4.79 Å². The van der Waals surface area contributed by atoms with Crippen LogP contribution in [0, 0.1) is 5.41 Å². The van der Waals surface area contributed by atoms with Crippen LogP contribution in [-0.4, -0.2) is 39.7 Å². The minimum Gasteiger partial charge on any atom is -0.383 e. The molecule has 0 bridgehead atoms. The zero-order chi connectivity index (χ0) is 25.3. The van der Waals surface area contributed by atoms with Crippen molar-refractivity contribution in [2.24, 2.45) is 16.9 Å². The van der Waals surface area contributed by atoms with Gasteiger partial charge in [0.05, 0.1) is 16.3 Å². The van der Waals surface area contributed by atoms with E-state index < -0.39 is 16.7 Å². The molecular formula is C26H32Cl2N6O. The van der Waals surface area contributed by atoms with Crippen LogP contribution in [0.25, 0.3) is 5.57 Å². The number of amides is 1. The van der Waals surface area contributed by atoms with Crippen LogP contribution in [-0.2, 0) is 6.42 Å². The number of piperidine rings is 1. The van der Waals surface area contributed by atoms with Gasteiger partial charge in [-0.25, -0.2) is 4.98 Å². The van der Waals surface area contributed by atoms with Crippen molar-refractivity contribution in [2.75, 3.05) is 23.7 Å².